The molecule has 164 valence electrons. The Morgan fingerprint density at radius 2 is 2.23 bits per heavy atom. The maximum absolute atomic E-state index is 12.0. The number of thioether (sulfide) groups is 1. The maximum Gasteiger partial charge on any atom is 0.315 e. The number of ether oxygens (including phenoxy) is 1. The lowest BCUT2D eigenvalue weighted by Crippen LogP contribution is -2.36. The highest BCUT2D eigenvalue weighted by molar-refractivity contribution is 8.00. The predicted molar refractivity (Wildman–Crippen MR) is 121 cm³/mol. The molecular formula is C21H25N5O3S2. The number of benzene rings is 1. The molecule has 0 radical (unpaired) electrons. The molecule has 31 heavy (non-hydrogen) atoms. The van der Waals surface area contributed by atoms with Crippen LogP contribution in [0.4, 0.5) is 4.79 Å². The summed E-state index contributed by atoms with van der Waals surface area (Å²) in [5, 5.41) is 18.7. The zero-order valence-electron chi connectivity index (χ0n) is 17.1. The second-order valence-corrected chi connectivity index (χ2v) is 9.98. The Morgan fingerprint density at radius 3 is 3.10 bits per heavy atom. The first kappa shape index (κ1) is 21.7. The molecule has 3 heterocycles. The molecule has 0 unspecified atom stereocenters. The van der Waals surface area contributed by atoms with Crippen molar-refractivity contribution in [1.29, 1.82) is 5.26 Å². The van der Waals surface area contributed by atoms with Crippen LogP contribution in [0.3, 0.4) is 0 Å². The van der Waals surface area contributed by atoms with Crippen molar-refractivity contribution < 1.29 is 14.3 Å². The highest BCUT2D eigenvalue weighted by Crippen LogP contribution is 2.33. The first-order chi connectivity index (χ1) is 15.1. The third-order valence-electron chi connectivity index (χ3n) is 5.45. The average molecular weight is 460 g/mol. The Hall–Kier alpha value is -2.51. The van der Waals surface area contributed by atoms with Gasteiger partial charge in [-0.15, -0.1) is 11.3 Å². The Kier molecular flexibility index (Phi) is 7.14. The van der Waals surface area contributed by atoms with E-state index in [9.17, 15) is 9.59 Å². The summed E-state index contributed by atoms with van der Waals surface area (Å²) >= 11 is 3.26. The Balaban J connectivity index is 1.06. The number of fused-ring (bicyclic) bond motifs is 2. The molecule has 1 aromatic carbocycles. The molecule has 1 aromatic heterocycles. The maximum atomic E-state index is 12.0. The van der Waals surface area contributed by atoms with E-state index in [1.54, 1.807) is 0 Å². The Morgan fingerprint density at radius 1 is 1.32 bits per heavy atom. The number of nitriles is 1. The van der Waals surface area contributed by atoms with Crippen molar-refractivity contribution in [3.8, 4) is 11.8 Å². The van der Waals surface area contributed by atoms with E-state index in [4.69, 9.17) is 10.00 Å². The van der Waals surface area contributed by atoms with Gasteiger partial charge in [-0.3, -0.25) is 4.79 Å². The molecule has 8 nitrogen and oxygen atoms in total. The third-order valence-corrected chi connectivity index (χ3v) is 7.88. The molecule has 2 saturated heterocycles. The van der Waals surface area contributed by atoms with Crippen molar-refractivity contribution in [2.45, 2.75) is 49.4 Å². The normalized spacial score (nSPS) is 21.9. The van der Waals surface area contributed by atoms with E-state index in [1.165, 1.54) is 11.3 Å². The van der Waals surface area contributed by atoms with Gasteiger partial charge in [-0.2, -0.15) is 17.0 Å². The van der Waals surface area contributed by atoms with Gasteiger partial charge in [-0.1, -0.05) is 6.42 Å². The zero-order valence-corrected chi connectivity index (χ0v) is 18.7. The molecule has 10 heteroatoms. The highest BCUT2D eigenvalue weighted by Gasteiger charge is 2.42. The molecule has 2 aliphatic heterocycles. The fourth-order valence-electron chi connectivity index (χ4n) is 3.90. The van der Waals surface area contributed by atoms with Gasteiger partial charge in [-0.25, -0.2) is 9.78 Å². The van der Waals surface area contributed by atoms with Crippen LogP contribution in [0.5, 0.6) is 5.75 Å². The number of thiazole rings is 1. The molecule has 3 atom stereocenters. The Bertz CT molecular complexity index is 989. The summed E-state index contributed by atoms with van der Waals surface area (Å²) in [5.41, 5.74) is 0.803. The van der Waals surface area contributed by atoms with E-state index in [0.717, 1.165) is 47.4 Å². The number of hydrogen-bond donors (Lipinski definition) is 3. The topological polar surface area (TPSA) is 116 Å². The largest absolute Gasteiger partial charge is 0.493 e. The number of carbonyl (C=O) groups is 2. The number of unbranched alkanes of at least 4 members (excludes halogenated alkanes) is 1. The van der Waals surface area contributed by atoms with Crippen LogP contribution in [-0.4, -0.2) is 53.2 Å². The van der Waals surface area contributed by atoms with Gasteiger partial charge in [0.1, 0.15) is 11.8 Å². The summed E-state index contributed by atoms with van der Waals surface area (Å²) in [6.45, 7) is 1.09. The number of nitrogens with one attached hydrogen (secondary N) is 3. The molecule has 2 aliphatic rings. The average Bonchev–Trinajstić information content (AvgIpc) is 3.44. The van der Waals surface area contributed by atoms with Gasteiger partial charge in [0.2, 0.25) is 5.91 Å². The van der Waals surface area contributed by atoms with E-state index < -0.39 is 0 Å². The van der Waals surface area contributed by atoms with Gasteiger partial charge in [0, 0.05) is 24.0 Å². The van der Waals surface area contributed by atoms with Crippen molar-refractivity contribution in [3.63, 3.8) is 0 Å². The number of rotatable bonds is 10. The van der Waals surface area contributed by atoms with E-state index in [1.807, 2.05) is 30.0 Å². The monoisotopic (exact) mass is 459 g/mol. The molecule has 3 amide bonds. The number of aromatic nitrogens is 1. The quantitative estimate of drug-likeness (QED) is 0.372. The number of nitrogens with zero attached hydrogens (tertiary/aromatic N) is 2. The highest BCUT2D eigenvalue weighted by atomic mass is 32.2. The van der Waals surface area contributed by atoms with Gasteiger partial charge in [0.15, 0.2) is 5.01 Å². The van der Waals surface area contributed by atoms with E-state index in [2.05, 4.69) is 27.0 Å². The standard InChI is InChI=1S/C21H25N5O3S2/c22-11-19-24-14-7-6-13(10-17(14)31-19)29-9-3-8-23-18(27)5-2-1-4-16-20-15(12-30-16)25-21(28)26-20/h6-7,10,15-16,20H,1-5,8-9,12H2,(H,23,27)(H2,25,26,28)/t15-,16-,20-/m0/s1. The Labute approximate surface area is 189 Å². The number of urea groups is 1. The van der Waals surface area contributed by atoms with Crippen molar-refractivity contribution in [2.75, 3.05) is 18.9 Å². The van der Waals surface area contributed by atoms with Gasteiger partial charge in [0.25, 0.3) is 0 Å². The third kappa shape index (κ3) is 5.60. The SMILES string of the molecule is N#Cc1nc2ccc(OCCCNC(=O)CCCC[C@@H]3SC[C@@H]4NC(=O)N[C@@H]43)cc2s1. The number of carbonyl (C=O) groups excluding carboxylic acids is 2. The van der Waals surface area contributed by atoms with Crippen molar-refractivity contribution in [1.82, 2.24) is 20.9 Å². The second kappa shape index (κ2) is 10.2. The lowest BCUT2D eigenvalue weighted by molar-refractivity contribution is -0.121. The minimum absolute atomic E-state index is 0.0547. The molecule has 0 saturated carbocycles. The van der Waals surface area contributed by atoms with E-state index >= 15 is 0 Å². The van der Waals surface area contributed by atoms with Crippen molar-refractivity contribution >= 4 is 45.3 Å². The smallest absolute Gasteiger partial charge is 0.315 e. The predicted octanol–water partition coefficient (Wildman–Crippen LogP) is 2.78. The van der Waals surface area contributed by atoms with Crippen LogP contribution < -0.4 is 20.7 Å². The molecule has 0 bridgehead atoms. The summed E-state index contributed by atoms with van der Waals surface area (Å²) in [6, 6.07) is 8.08. The van der Waals surface area contributed by atoms with Crippen LogP contribution in [-0.2, 0) is 4.79 Å². The second-order valence-electron chi connectivity index (χ2n) is 7.68. The van der Waals surface area contributed by atoms with Crippen LogP contribution >= 0.6 is 23.1 Å². The molecular weight excluding hydrogens is 434 g/mol. The first-order valence-electron chi connectivity index (χ1n) is 10.5. The van der Waals surface area contributed by atoms with Crippen LogP contribution in [0.1, 0.15) is 37.1 Å². The fourth-order valence-corrected chi connectivity index (χ4v) is 6.23. The van der Waals surface area contributed by atoms with Gasteiger partial charge in [-0.05, 0) is 37.5 Å². The van der Waals surface area contributed by atoms with E-state index in [-0.39, 0.29) is 24.0 Å². The molecule has 2 aromatic rings. The molecule has 2 fully saturated rings. The summed E-state index contributed by atoms with van der Waals surface area (Å²) in [7, 11) is 0. The lowest BCUT2D eigenvalue weighted by atomic mass is 10.0. The molecule has 0 aliphatic carbocycles. The molecule has 0 spiro atoms. The van der Waals surface area contributed by atoms with Crippen LogP contribution in [0.2, 0.25) is 0 Å². The summed E-state index contributed by atoms with van der Waals surface area (Å²) in [5.74, 6) is 1.78. The first-order valence-corrected chi connectivity index (χ1v) is 12.4. The number of hydrogen-bond acceptors (Lipinski definition) is 7. The van der Waals surface area contributed by atoms with Crippen LogP contribution in [0, 0.1) is 11.3 Å². The van der Waals surface area contributed by atoms with Gasteiger partial charge < -0.3 is 20.7 Å². The van der Waals surface area contributed by atoms with E-state index in [0.29, 0.717) is 29.8 Å². The zero-order chi connectivity index (χ0) is 21.6. The molecule has 3 N–H and O–H groups in total. The van der Waals surface area contributed by atoms with Crippen molar-refractivity contribution in [2.24, 2.45) is 0 Å². The lowest BCUT2D eigenvalue weighted by Gasteiger charge is -2.16. The van der Waals surface area contributed by atoms with Gasteiger partial charge >= 0.3 is 6.03 Å². The summed E-state index contributed by atoms with van der Waals surface area (Å²) in [6.07, 6.45) is 4.12. The minimum atomic E-state index is -0.0547. The van der Waals surface area contributed by atoms with Crippen molar-refractivity contribution in [3.05, 3.63) is 23.2 Å². The summed E-state index contributed by atoms with van der Waals surface area (Å²) < 4.78 is 6.67. The van der Waals surface area contributed by atoms with Crippen LogP contribution in [0.25, 0.3) is 10.2 Å². The summed E-state index contributed by atoms with van der Waals surface area (Å²) in [4.78, 5) is 27.6. The minimum Gasteiger partial charge on any atom is -0.493 e. The van der Waals surface area contributed by atoms with Gasteiger partial charge in [0.05, 0.1) is 28.9 Å². The fraction of sp³-hybridized carbons (Fsp3) is 0.524. The molecule has 4 rings (SSSR count). The van der Waals surface area contributed by atoms with Crippen LogP contribution in [0.15, 0.2) is 18.2 Å². The number of amides is 3.